The molecule has 0 radical (unpaired) electrons. The molecule has 0 spiro atoms. The molecule has 0 aliphatic heterocycles. The van der Waals surface area contributed by atoms with Crippen LogP contribution in [-0.4, -0.2) is 32.1 Å². The maximum atomic E-state index is 10.4. The Morgan fingerprint density at radius 2 is 2.25 bits per heavy atom. The molecule has 4 nitrogen and oxygen atoms in total. The Morgan fingerprint density at radius 3 is 2.67 bits per heavy atom. The van der Waals surface area contributed by atoms with Crippen LogP contribution in [0.3, 0.4) is 0 Å². The van der Waals surface area contributed by atoms with Gasteiger partial charge in [-0.3, -0.25) is 4.79 Å². The largest absolute Gasteiger partial charge is 0.371 e. The van der Waals surface area contributed by atoms with Crippen LogP contribution in [0.5, 0.6) is 0 Å². The van der Waals surface area contributed by atoms with Crippen molar-refractivity contribution < 1.29 is 14.1 Å². The van der Waals surface area contributed by atoms with E-state index >= 15 is 0 Å². The van der Waals surface area contributed by atoms with Gasteiger partial charge < -0.3 is 15.0 Å². The third-order valence-electron chi connectivity index (χ3n) is 1.34. The van der Waals surface area contributed by atoms with Crippen molar-refractivity contribution in [3.8, 4) is 0 Å². The molecule has 2 unspecified atom stereocenters. The van der Waals surface area contributed by atoms with Crippen molar-refractivity contribution in [1.29, 1.82) is 0 Å². The Hall–Kier alpha value is -0.180. The van der Waals surface area contributed by atoms with E-state index in [4.69, 9.17) is 15.0 Å². The van der Waals surface area contributed by atoms with Gasteiger partial charge in [-0.2, -0.15) is 0 Å². The molecule has 0 saturated carbocycles. The first-order valence-corrected chi connectivity index (χ1v) is 5.60. The number of hydrogen-bond donors (Lipinski definition) is 1. The van der Waals surface area contributed by atoms with Crippen molar-refractivity contribution in [2.45, 2.75) is 19.4 Å². The summed E-state index contributed by atoms with van der Waals surface area (Å²) < 4.78 is 10.3. The molecule has 72 valence electrons. The Balaban J connectivity index is 3.43. The van der Waals surface area contributed by atoms with Gasteiger partial charge in [0.25, 0.3) is 0 Å². The molecule has 0 fully saturated rings. The van der Waals surface area contributed by atoms with Crippen LogP contribution in [0.4, 0.5) is 0 Å². The summed E-state index contributed by atoms with van der Waals surface area (Å²) in [6, 6.07) is 0. The first-order valence-electron chi connectivity index (χ1n) is 3.71. The predicted octanol–water partition coefficient (Wildman–Crippen LogP) is 0.897. The maximum absolute atomic E-state index is 10.4. The van der Waals surface area contributed by atoms with Gasteiger partial charge in [0, 0.05) is 7.11 Å². The molecule has 2 N–H and O–H groups in total. The van der Waals surface area contributed by atoms with E-state index in [0.29, 0.717) is 6.35 Å². The van der Waals surface area contributed by atoms with Crippen molar-refractivity contribution in [3.05, 3.63) is 0 Å². The normalized spacial score (nSPS) is 15.6. The fourth-order valence-electron chi connectivity index (χ4n) is 0.627. The molecule has 0 aliphatic rings. The van der Waals surface area contributed by atoms with Gasteiger partial charge in [-0.1, -0.05) is 0 Å². The molecular weight excluding hydrogens is 177 g/mol. The number of ether oxygens (including phenoxy) is 1. The Labute approximate surface area is 74.2 Å². The van der Waals surface area contributed by atoms with Crippen LogP contribution < -0.4 is 5.73 Å². The molecule has 1 amide bonds. The molecule has 12 heavy (non-hydrogen) atoms. The lowest BCUT2D eigenvalue weighted by Crippen LogP contribution is -2.20. The van der Waals surface area contributed by atoms with Crippen LogP contribution in [0.25, 0.3) is 0 Å². The lowest BCUT2D eigenvalue weighted by Gasteiger charge is -2.14. The topological polar surface area (TPSA) is 61.6 Å². The zero-order chi connectivity index (χ0) is 9.56. The highest BCUT2D eigenvalue weighted by atomic mass is 31.1. The molecule has 0 saturated heterocycles. The quantitative estimate of drug-likeness (QED) is 0.637. The van der Waals surface area contributed by atoms with Gasteiger partial charge in [-0.15, -0.1) is 0 Å². The molecule has 0 heterocycles. The lowest BCUT2D eigenvalue weighted by atomic mass is 10.3. The fourth-order valence-corrected chi connectivity index (χ4v) is 1.20. The van der Waals surface area contributed by atoms with Crippen molar-refractivity contribution >= 4 is 14.1 Å². The molecule has 0 aromatic carbocycles. The Bertz CT molecular complexity index is 143. The highest BCUT2D eigenvalue weighted by molar-refractivity contribution is 7.51. The average Bonchev–Trinajstić information content (AvgIpc) is 1.99. The molecule has 5 heteroatoms. The van der Waals surface area contributed by atoms with Crippen molar-refractivity contribution in [2.75, 3.05) is 20.1 Å². The van der Waals surface area contributed by atoms with Gasteiger partial charge in [-0.05, 0) is 13.6 Å². The summed E-state index contributed by atoms with van der Waals surface area (Å²) in [6.45, 7) is 3.79. The second kappa shape index (κ2) is 6.35. The highest BCUT2D eigenvalue weighted by Crippen LogP contribution is 2.30. The lowest BCUT2D eigenvalue weighted by molar-refractivity contribution is -0.120. The van der Waals surface area contributed by atoms with E-state index in [2.05, 4.69) is 0 Å². The minimum atomic E-state index is -0.510. The SMILES string of the molecule is COP(C)COC(C)CC(N)=O. The van der Waals surface area contributed by atoms with Crippen LogP contribution in [0.15, 0.2) is 0 Å². The third-order valence-corrected chi connectivity index (χ3v) is 2.48. The van der Waals surface area contributed by atoms with Crippen molar-refractivity contribution in [2.24, 2.45) is 5.73 Å². The second-order valence-corrected chi connectivity index (χ2v) is 4.47. The molecule has 2 atom stereocenters. The molecule has 0 aliphatic carbocycles. The van der Waals surface area contributed by atoms with Gasteiger partial charge in [0.05, 0.1) is 27.0 Å². The summed E-state index contributed by atoms with van der Waals surface area (Å²) in [5.41, 5.74) is 4.99. The predicted molar refractivity (Wildman–Crippen MR) is 49.1 cm³/mol. The monoisotopic (exact) mass is 193 g/mol. The second-order valence-electron chi connectivity index (χ2n) is 2.59. The third kappa shape index (κ3) is 6.53. The summed E-state index contributed by atoms with van der Waals surface area (Å²) in [4.78, 5) is 10.4. The highest BCUT2D eigenvalue weighted by Gasteiger charge is 2.07. The van der Waals surface area contributed by atoms with E-state index in [1.807, 2.05) is 13.6 Å². The number of rotatable bonds is 6. The van der Waals surface area contributed by atoms with Gasteiger partial charge >= 0.3 is 0 Å². The molecule has 0 bridgehead atoms. The maximum Gasteiger partial charge on any atom is 0.220 e. The number of carbonyl (C=O) groups is 1. The number of hydrogen-bond acceptors (Lipinski definition) is 3. The van der Waals surface area contributed by atoms with Crippen LogP contribution in [0.2, 0.25) is 0 Å². The summed E-state index contributed by atoms with van der Waals surface area (Å²) in [7, 11) is 1.14. The Morgan fingerprint density at radius 1 is 1.67 bits per heavy atom. The van der Waals surface area contributed by atoms with Gasteiger partial charge in [0.1, 0.15) is 0 Å². The van der Waals surface area contributed by atoms with Gasteiger partial charge in [0.2, 0.25) is 5.91 Å². The van der Waals surface area contributed by atoms with Crippen LogP contribution in [0.1, 0.15) is 13.3 Å². The summed E-state index contributed by atoms with van der Waals surface area (Å²) in [5.74, 6) is -0.333. The van der Waals surface area contributed by atoms with E-state index in [9.17, 15) is 4.79 Å². The van der Waals surface area contributed by atoms with E-state index in [0.717, 1.165) is 0 Å². The van der Waals surface area contributed by atoms with Gasteiger partial charge in [-0.25, -0.2) is 0 Å². The number of carbonyl (C=O) groups excluding carboxylic acids is 1. The van der Waals surface area contributed by atoms with E-state index in [-0.39, 0.29) is 18.4 Å². The molecule has 0 aromatic rings. The van der Waals surface area contributed by atoms with Crippen LogP contribution >= 0.6 is 8.15 Å². The first kappa shape index (κ1) is 11.8. The summed E-state index contributed by atoms with van der Waals surface area (Å²) >= 11 is 0. The Kier molecular flexibility index (Phi) is 6.25. The smallest absolute Gasteiger partial charge is 0.220 e. The van der Waals surface area contributed by atoms with E-state index in [1.165, 1.54) is 0 Å². The minimum absolute atomic E-state index is 0.109. The fraction of sp³-hybridized carbons (Fsp3) is 0.857. The average molecular weight is 193 g/mol. The molecule has 0 aromatic heterocycles. The zero-order valence-electron chi connectivity index (χ0n) is 7.74. The first-order chi connectivity index (χ1) is 5.56. The number of primary amides is 1. The molecule has 0 rings (SSSR count). The minimum Gasteiger partial charge on any atom is -0.371 e. The zero-order valence-corrected chi connectivity index (χ0v) is 8.64. The van der Waals surface area contributed by atoms with Crippen molar-refractivity contribution in [1.82, 2.24) is 0 Å². The van der Waals surface area contributed by atoms with E-state index in [1.54, 1.807) is 7.11 Å². The summed E-state index contributed by atoms with van der Waals surface area (Å²) in [5, 5.41) is 0. The van der Waals surface area contributed by atoms with Gasteiger partial charge in [0.15, 0.2) is 0 Å². The molecular formula is C7H16NO3P. The van der Waals surface area contributed by atoms with Crippen molar-refractivity contribution in [3.63, 3.8) is 0 Å². The van der Waals surface area contributed by atoms with Crippen LogP contribution in [-0.2, 0) is 14.1 Å². The number of nitrogens with two attached hydrogens (primary N) is 1. The van der Waals surface area contributed by atoms with E-state index < -0.39 is 8.15 Å². The number of amides is 1. The summed E-state index contributed by atoms with van der Waals surface area (Å²) in [6.07, 6.45) is 0.718. The van der Waals surface area contributed by atoms with Crippen LogP contribution in [0, 0.1) is 0 Å². The standard InChI is InChI=1S/C7H16NO3P/c1-6(4-7(8)9)11-5-12(3)10-2/h6H,4-5H2,1-3H3,(H2,8,9).